The molecule has 3 aliphatic rings. The molecule has 1 aromatic heterocycles. The summed E-state index contributed by atoms with van der Waals surface area (Å²) in [6, 6.07) is 2.84. The Bertz CT molecular complexity index is 1040. The van der Waals surface area contributed by atoms with Gasteiger partial charge in [0, 0.05) is 12.0 Å². The third kappa shape index (κ3) is 2.90. The Hall–Kier alpha value is -2.24. The number of carbonyl (C=O) groups excluding carboxylic acids is 1. The van der Waals surface area contributed by atoms with Gasteiger partial charge in [-0.25, -0.2) is 9.76 Å². The molecule has 2 unspecified atom stereocenters. The average Bonchev–Trinajstić information content (AvgIpc) is 3.39. The summed E-state index contributed by atoms with van der Waals surface area (Å²) >= 11 is 7.11. The summed E-state index contributed by atoms with van der Waals surface area (Å²) in [5.74, 6) is 0.678. The van der Waals surface area contributed by atoms with E-state index in [9.17, 15) is 18.0 Å². The van der Waals surface area contributed by atoms with Crippen LogP contribution in [-0.2, 0) is 17.0 Å². The second kappa shape index (κ2) is 6.64. The van der Waals surface area contributed by atoms with Crippen molar-refractivity contribution in [3.05, 3.63) is 51.4 Å². The van der Waals surface area contributed by atoms with Crippen molar-refractivity contribution in [2.75, 3.05) is 0 Å². The molecule has 29 heavy (non-hydrogen) atoms. The molecule has 4 heterocycles. The topological polar surface area (TPSA) is 72.3 Å². The number of aromatic nitrogens is 3. The summed E-state index contributed by atoms with van der Waals surface area (Å²) < 4.78 is 46.5. The number of amides is 1. The van der Waals surface area contributed by atoms with Crippen molar-refractivity contribution in [2.24, 2.45) is 0 Å². The Morgan fingerprint density at radius 3 is 2.86 bits per heavy atom. The minimum absolute atomic E-state index is 0.156. The largest absolute Gasteiger partial charge is 0.417 e. The lowest BCUT2D eigenvalue weighted by Crippen LogP contribution is -2.44. The third-order valence-corrected chi connectivity index (χ3v) is 6.27. The van der Waals surface area contributed by atoms with Crippen molar-refractivity contribution in [2.45, 2.75) is 37.6 Å². The van der Waals surface area contributed by atoms with Crippen molar-refractivity contribution >= 4 is 35.2 Å². The van der Waals surface area contributed by atoms with E-state index in [2.05, 4.69) is 15.7 Å². The highest BCUT2D eigenvalue weighted by molar-refractivity contribution is 7.98. The highest BCUT2D eigenvalue weighted by atomic mass is 35.5. The van der Waals surface area contributed by atoms with E-state index in [1.807, 2.05) is 4.57 Å². The van der Waals surface area contributed by atoms with Gasteiger partial charge in [-0.1, -0.05) is 17.7 Å². The van der Waals surface area contributed by atoms with Gasteiger partial charge in [0.1, 0.15) is 5.70 Å². The molecular weight excluding hydrogens is 431 g/mol. The fraction of sp³-hybridized carbons (Fsp3) is 0.353. The maximum absolute atomic E-state index is 13.2. The molecule has 3 aliphatic heterocycles. The van der Waals surface area contributed by atoms with E-state index in [1.165, 1.54) is 12.1 Å². The normalized spacial score (nSPS) is 23.0. The molecule has 1 fully saturated rings. The summed E-state index contributed by atoms with van der Waals surface area (Å²) in [5.41, 5.74) is 2.24. The van der Waals surface area contributed by atoms with Crippen LogP contribution in [0.2, 0.25) is 5.02 Å². The number of alkyl halides is 3. The van der Waals surface area contributed by atoms with Gasteiger partial charge in [0.25, 0.3) is 5.91 Å². The summed E-state index contributed by atoms with van der Waals surface area (Å²) in [5, 5.41) is 9.64. The van der Waals surface area contributed by atoms with E-state index in [-0.39, 0.29) is 17.6 Å². The van der Waals surface area contributed by atoms with Gasteiger partial charge in [0.2, 0.25) is 0 Å². The highest BCUT2D eigenvalue weighted by Gasteiger charge is 2.46. The van der Waals surface area contributed by atoms with Gasteiger partial charge < -0.3 is 9.47 Å². The molecule has 152 valence electrons. The first-order valence-corrected chi connectivity index (χ1v) is 9.95. The molecule has 0 spiro atoms. The van der Waals surface area contributed by atoms with Gasteiger partial charge in [0.15, 0.2) is 11.6 Å². The van der Waals surface area contributed by atoms with E-state index in [0.717, 1.165) is 18.1 Å². The number of nitrogens with zero attached hydrogens (tertiary/aromatic N) is 4. The summed E-state index contributed by atoms with van der Waals surface area (Å²) in [6.07, 6.45) is -3.26. The second-order valence-corrected chi connectivity index (χ2v) is 7.90. The molecule has 1 aromatic carbocycles. The SMILES string of the molecule is O=C(c1cccc(C(F)(F)F)c1Cl)N1C2CCC1c1nnc(C3=CSON3)n1C2. The van der Waals surface area contributed by atoms with Gasteiger partial charge in [-0.15, -0.1) is 10.2 Å². The van der Waals surface area contributed by atoms with E-state index < -0.39 is 22.7 Å². The summed E-state index contributed by atoms with van der Waals surface area (Å²) in [7, 11) is 0. The monoisotopic (exact) mass is 443 g/mol. The maximum Gasteiger partial charge on any atom is 0.417 e. The number of nitrogens with one attached hydrogen (secondary N) is 1. The van der Waals surface area contributed by atoms with Crippen LogP contribution in [0.1, 0.15) is 46.5 Å². The molecule has 7 nitrogen and oxygen atoms in total. The number of hydrogen-bond donors (Lipinski definition) is 1. The van der Waals surface area contributed by atoms with Gasteiger partial charge in [0.05, 0.1) is 40.3 Å². The molecular formula is C17H13ClF3N5O2S. The zero-order valence-corrected chi connectivity index (χ0v) is 16.2. The molecule has 1 amide bonds. The van der Waals surface area contributed by atoms with E-state index in [4.69, 9.17) is 15.9 Å². The van der Waals surface area contributed by atoms with Crippen LogP contribution >= 0.6 is 23.6 Å². The van der Waals surface area contributed by atoms with E-state index in [0.29, 0.717) is 36.7 Å². The Labute approximate surface area is 172 Å². The number of rotatable bonds is 2. The molecule has 1 N–H and O–H groups in total. The first-order chi connectivity index (χ1) is 13.9. The predicted octanol–water partition coefficient (Wildman–Crippen LogP) is 3.79. The summed E-state index contributed by atoms with van der Waals surface area (Å²) in [4.78, 5) is 14.8. The molecule has 12 heteroatoms. The fourth-order valence-electron chi connectivity index (χ4n) is 4.09. The van der Waals surface area contributed by atoms with Crippen molar-refractivity contribution in [3.8, 4) is 0 Å². The number of carbonyl (C=O) groups is 1. The van der Waals surface area contributed by atoms with E-state index in [1.54, 1.807) is 10.3 Å². The summed E-state index contributed by atoms with van der Waals surface area (Å²) in [6.45, 7) is 0.445. The minimum atomic E-state index is -4.63. The van der Waals surface area contributed by atoms with Crippen molar-refractivity contribution in [3.63, 3.8) is 0 Å². The minimum Gasteiger partial charge on any atom is -0.324 e. The van der Waals surface area contributed by atoms with E-state index >= 15 is 0 Å². The molecule has 5 rings (SSSR count). The van der Waals surface area contributed by atoms with Gasteiger partial charge in [-0.05, 0) is 25.0 Å². The first-order valence-electron chi connectivity index (χ1n) is 8.76. The third-order valence-electron chi connectivity index (χ3n) is 5.35. The Morgan fingerprint density at radius 1 is 1.31 bits per heavy atom. The molecule has 2 aromatic rings. The van der Waals surface area contributed by atoms with Crippen LogP contribution in [0.4, 0.5) is 13.2 Å². The van der Waals surface area contributed by atoms with Crippen molar-refractivity contribution < 1.29 is 22.2 Å². The second-order valence-electron chi connectivity index (χ2n) is 6.93. The smallest absolute Gasteiger partial charge is 0.324 e. The molecule has 0 saturated carbocycles. The van der Waals surface area contributed by atoms with Gasteiger partial charge in [-0.2, -0.15) is 13.2 Å². The molecule has 1 saturated heterocycles. The Balaban J connectivity index is 1.51. The zero-order chi connectivity index (χ0) is 20.3. The van der Waals surface area contributed by atoms with Crippen LogP contribution in [0.25, 0.3) is 5.70 Å². The van der Waals surface area contributed by atoms with Gasteiger partial charge in [-0.3, -0.25) is 4.79 Å². The van der Waals surface area contributed by atoms with Crippen LogP contribution in [0.3, 0.4) is 0 Å². The van der Waals surface area contributed by atoms with Crippen molar-refractivity contribution in [1.29, 1.82) is 0 Å². The quantitative estimate of drug-likeness (QED) is 0.712. The fourth-order valence-corrected chi connectivity index (χ4v) is 4.84. The number of hydroxylamine groups is 1. The number of hydrogen-bond acceptors (Lipinski definition) is 6. The molecule has 2 atom stereocenters. The lowest BCUT2D eigenvalue weighted by atomic mass is 10.1. The average molecular weight is 444 g/mol. The number of halogens is 4. The van der Waals surface area contributed by atoms with Crippen molar-refractivity contribution in [1.82, 2.24) is 25.1 Å². The highest BCUT2D eigenvalue weighted by Crippen LogP contribution is 2.44. The van der Waals surface area contributed by atoms with Gasteiger partial charge >= 0.3 is 6.18 Å². The lowest BCUT2D eigenvalue weighted by molar-refractivity contribution is -0.137. The van der Waals surface area contributed by atoms with Crippen LogP contribution in [0.15, 0.2) is 23.6 Å². The maximum atomic E-state index is 13.2. The van der Waals surface area contributed by atoms with Crippen LogP contribution in [0, 0.1) is 0 Å². The predicted molar refractivity (Wildman–Crippen MR) is 98.2 cm³/mol. The van der Waals surface area contributed by atoms with Crippen LogP contribution < -0.4 is 5.48 Å². The Morgan fingerprint density at radius 2 is 2.14 bits per heavy atom. The number of benzene rings is 1. The lowest BCUT2D eigenvalue weighted by Gasteiger charge is -2.35. The molecule has 0 radical (unpaired) electrons. The zero-order valence-electron chi connectivity index (χ0n) is 14.6. The molecule has 0 aliphatic carbocycles. The standard InChI is InChI=1S/C17H13ClF3N5O2S/c18-13-9(2-1-3-10(13)17(19,20)21)16(27)26-8-4-5-12(26)15-23-22-14(25(15)6-8)11-7-29-28-24-11/h1-3,7-8,12,24H,4-6H2. The molecule has 2 bridgehead atoms. The Kier molecular flexibility index (Phi) is 4.30. The number of fused-ring (bicyclic) bond motifs is 4. The van der Waals surface area contributed by atoms with Crippen LogP contribution in [0.5, 0.6) is 0 Å². The first kappa shape index (κ1) is 18.8. The van der Waals surface area contributed by atoms with Crippen LogP contribution in [-0.4, -0.2) is 31.6 Å².